The standard InChI is InChI=1S/C13H32N2OSi2/c1-13(2,17-11-7-9-14-3)16-18(5,6)12-8-10-15-4/h14-15H,7-12H2,1-6H3. The summed E-state index contributed by atoms with van der Waals surface area (Å²) in [7, 11) is 3.44. The molecule has 2 N–H and O–H groups in total. The van der Waals surface area contributed by atoms with E-state index in [1.807, 2.05) is 14.1 Å². The molecule has 0 unspecified atom stereocenters. The maximum Gasteiger partial charge on any atom is 0.187 e. The third-order valence-electron chi connectivity index (χ3n) is 2.89. The molecule has 0 saturated carbocycles. The van der Waals surface area contributed by atoms with Crippen molar-refractivity contribution in [1.29, 1.82) is 0 Å². The monoisotopic (exact) mass is 288 g/mol. The van der Waals surface area contributed by atoms with E-state index in [1.165, 1.54) is 24.9 Å². The van der Waals surface area contributed by atoms with Crippen molar-refractivity contribution in [3.63, 3.8) is 0 Å². The van der Waals surface area contributed by atoms with Crippen LogP contribution >= 0.6 is 0 Å². The van der Waals surface area contributed by atoms with Crippen LogP contribution in [0.2, 0.25) is 25.2 Å². The Morgan fingerprint density at radius 3 is 2.17 bits per heavy atom. The Morgan fingerprint density at radius 2 is 1.61 bits per heavy atom. The Kier molecular flexibility index (Phi) is 9.42. The molecule has 0 aromatic carbocycles. The van der Waals surface area contributed by atoms with Gasteiger partial charge in [0, 0.05) is 5.22 Å². The fourth-order valence-electron chi connectivity index (χ4n) is 2.12. The molecule has 0 aliphatic rings. The molecule has 0 aromatic rings. The highest BCUT2D eigenvalue weighted by Gasteiger charge is 2.30. The normalized spacial score (nSPS) is 13.0. The maximum absolute atomic E-state index is 6.46. The van der Waals surface area contributed by atoms with Crippen molar-refractivity contribution in [2.24, 2.45) is 0 Å². The van der Waals surface area contributed by atoms with Gasteiger partial charge in [0.1, 0.15) is 0 Å². The molecule has 0 amide bonds. The fraction of sp³-hybridized carbons (Fsp3) is 1.00. The van der Waals surface area contributed by atoms with Gasteiger partial charge in [0.25, 0.3) is 0 Å². The van der Waals surface area contributed by atoms with E-state index in [0.717, 1.165) is 22.6 Å². The molecule has 0 aliphatic carbocycles. The Bertz CT molecular complexity index is 211. The van der Waals surface area contributed by atoms with Crippen molar-refractivity contribution in [3.05, 3.63) is 0 Å². The molecule has 0 aromatic heterocycles. The first kappa shape index (κ1) is 18.3. The SMILES string of the molecule is CNCCC[Si]C(C)(C)O[Si](C)(C)CCCNC. The largest absolute Gasteiger partial charge is 0.416 e. The van der Waals surface area contributed by atoms with Gasteiger partial charge < -0.3 is 15.1 Å². The lowest BCUT2D eigenvalue weighted by molar-refractivity contribution is 0.182. The predicted octanol–water partition coefficient (Wildman–Crippen LogP) is 2.29. The molecule has 0 spiro atoms. The van der Waals surface area contributed by atoms with Crippen LogP contribution < -0.4 is 10.6 Å². The van der Waals surface area contributed by atoms with Gasteiger partial charge >= 0.3 is 0 Å². The molecule has 0 rings (SSSR count). The van der Waals surface area contributed by atoms with E-state index in [4.69, 9.17) is 4.43 Å². The van der Waals surface area contributed by atoms with Crippen LogP contribution in [-0.2, 0) is 4.43 Å². The molecular formula is C13H32N2OSi2. The van der Waals surface area contributed by atoms with Gasteiger partial charge in [-0.2, -0.15) is 0 Å². The van der Waals surface area contributed by atoms with Gasteiger partial charge in [-0.25, -0.2) is 0 Å². The van der Waals surface area contributed by atoms with Crippen molar-refractivity contribution >= 4 is 17.8 Å². The first-order chi connectivity index (χ1) is 8.33. The zero-order valence-corrected chi connectivity index (χ0v) is 15.2. The van der Waals surface area contributed by atoms with Crippen LogP contribution in [0.1, 0.15) is 26.7 Å². The van der Waals surface area contributed by atoms with Crippen LogP contribution in [0.25, 0.3) is 0 Å². The van der Waals surface area contributed by atoms with Crippen molar-refractivity contribution in [2.45, 2.75) is 57.1 Å². The van der Waals surface area contributed by atoms with Crippen LogP contribution in [0.4, 0.5) is 0 Å². The molecule has 108 valence electrons. The van der Waals surface area contributed by atoms with E-state index >= 15 is 0 Å². The van der Waals surface area contributed by atoms with Crippen LogP contribution in [-0.4, -0.2) is 50.2 Å². The molecule has 3 nitrogen and oxygen atoms in total. The first-order valence-electron chi connectivity index (χ1n) is 7.07. The summed E-state index contributed by atoms with van der Waals surface area (Å²) in [5, 5.41) is 6.49. The van der Waals surface area contributed by atoms with E-state index < -0.39 is 8.32 Å². The average Bonchev–Trinajstić information content (AvgIpc) is 2.23. The van der Waals surface area contributed by atoms with Crippen LogP contribution in [0.15, 0.2) is 0 Å². The van der Waals surface area contributed by atoms with Crippen molar-refractivity contribution < 1.29 is 4.43 Å². The zero-order valence-electron chi connectivity index (χ0n) is 13.2. The maximum atomic E-state index is 6.46. The van der Waals surface area contributed by atoms with Gasteiger partial charge in [-0.15, -0.1) is 0 Å². The minimum Gasteiger partial charge on any atom is -0.416 e. The molecule has 18 heavy (non-hydrogen) atoms. The molecule has 5 heteroatoms. The average molecular weight is 289 g/mol. The summed E-state index contributed by atoms with van der Waals surface area (Å²) in [6.07, 6.45) is 2.48. The van der Waals surface area contributed by atoms with Gasteiger partial charge in [-0.3, -0.25) is 0 Å². The summed E-state index contributed by atoms with van der Waals surface area (Å²) < 4.78 is 6.46. The highest BCUT2D eigenvalue weighted by Crippen LogP contribution is 2.22. The van der Waals surface area contributed by atoms with Gasteiger partial charge in [0.05, 0.1) is 9.52 Å². The molecular weight excluding hydrogens is 256 g/mol. The first-order valence-corrected chi connectivity index (χ1v) is 11.4. The summed E-state index contributed by atoms with van der Waals surface area (Å²) in [4.78, 5) is 0. The minimum atomic E-state index is -1.49. The summed E-state index contributed by atoms with van der Waals surface area (Å²) in [5.74, 6) is 0. The molecule has 0 saturated heterocycles. The summed E-state index contributed by atoms with van der Waals surface area (Å²) in [6.45, 7) is 11.4. The quantitative estimate of drug-likeness (QED) is 0.452. The molecule has 0 aliphatic heterocycles. The third-order valence-corrected chi connectivity index (χ3v) is 7.27. The van der Waals surface area contributed by atoms with E-state index in [2.05, 4.69) is 37.6 Å². The topological polar surface area (TPSA) is 33.3 Å². The number of hydrogen-bond donors (Lipinski definition) is 2. The van der Waals surface area contributed by atoms with E-state index in [1.54, 1.807) is 0 Å². The number of nitrogens with one attached hydrogen (secondary N) is 2. The Morgan fingerprint density at radius 1 is 1.06 bits per heavy atom. The lowest BCUT2D eigenvalue weighted by Crippen LogP contribution is -2.44. The highest BCUT2D eigenvalue weighted by molar-refractivity contribution is 6.71. The Balaban J connectivity index is 3.95. The van der Waals surface area contributed by atoms with E-state index in [-0.39, 0.29) is 5.22 Å². The van der Waals surface area contributed by atoms with Crippen LogP contribution in [0.3, 0.4) is 0 Å². The van der Waals surface area contributed by atoms with Gasteiger partial charge in [-0.05, 0) is 73.0 Å². The van der Waals surface area contributed by atoms with E-state index in [0.29, 0.717) is 0 Å². The summed E-state index contributed by atoms with van der Waals surface area (Å²) in [6, 6.07) is 2.52. The van der Waals surface area contributed by atoms with Gasteiger partial charge in [0.2, 0.25) is 0 Å². The zero-order chi connectivity index (χ0) is 14.1. The molecule has 0 heterocycles. The molecule has 0 atom stereocenters. The van der Waals surface area contributed by atoms with Crippen LogP contribution in [0, 0.1) is 0 Å². The molecule has 0 bridgehead atoms. The Labute approximate surface area is 117 Å². The summed E-state index contributed by atoms with van der Waals surface area (Å²) in [5.41, 5.74) is 0. The van der Waals surface area contributed by atoms with Crippen molar-refractivity contribution in [1.82, 2.24) is 10.6 Å². The third kappa shape index (κ3) is 10.3. The van der Waals surface area contributed by atoms with Crippen molar-refractivity contribution in [3.8, 4) is 0 Å². The lowest BCUT2D eigenvalue weighted by atomic mass is 10.5. The van der Waals surface area contributed by atoms with Crippen LogP contribution in [0.5, 0.6) is 0 Å². The fourth-order valence-corrected chi connectivity index (χ4v) is 6.71. The molecule has 0 fully saturated rings. The van der Waals surface area contributed by atoms with E-state index in [9.17, 15) is 0 Å². The number of rotatable bonds is 11. The lowest BCUT2D eigenvalue weighted by Gasteiger charge is -2.35. The minimum absolute atomic E-state index is 0.0725. The highest BCUT2D eigenvalue weighted by atomic mass is 28.4. The number of hydrogen-bond acceptors (Lipinski definition) is 3. The smallest absolute Gasteiger partial charge is 0.187 e. The van der Waals surface area contributed by atoms with Crippen molar-refractivity contribution in [2.75, 3.05) is 27.2 Å². The second-order valence-electron chi connectivity index (χ2n) is 5.96. The molecule has 2 radical (unpaired) electrons. The summed E-state index contributed by atoms with van der Waals surface area (Å²) >= 11 is 0. The Hall–Kier alpha value is 0.314. The van der Waals surface area contributed by atoms with Gasteiger partial charge in [0.15, 0.2) is 8.32 Å². The second-order valence-corrected chi connectivity index (χ2v) is 12.2. The predicted molar refractivity (Wildman–Crippen MR) is 85.1 cm³/mol. The second kappa shape index (κ2) is 9.25. The van der Waals surface area contributed by atoms with Gasteiger partial charge in [-0.1, -0.05) is 6.04 Å².